The zero-order valence-corrected chi connectivity index (χ0v) is 11.3. The number of carbonyl (C=O) groups is 2. The Morgan fingerprint density at radius 2 is 2.00 bits per heavy atom. The van der Waals surface area contributed by atoms with Gasteiger partial charge in [-0.2, -0.15) is 0 Å². The molecule has 0 radical (unpaired) electrons. The molecule has 0 bridgehead atoms. The van der Waals surface area contributed by atoms with Crippen molar-refractivity contribution in [2.45, 2.75) is 10.8 Å². The van der Waals surface area contributed by atoms with Crippen LogP contribution in [0.15, 0.2) is 47.6 Å². The van der Waals surface area contributed by atoms with Crippen molar-refractivity contribution in [1.29, 1.82) is 0 Å². The lowest BCUT2D eigenvalue weighted by Crippen LogP contribution is -2.13. The fourth-order valence-corrected chi connectivity index (χ4v) is 2.56. The Morgan fingerprint density at radius 3 is 2.70 bits per heavy atom. The van der Waals surface area contributed by atoms with Crippen LogP contribution in [-0.2, 0) is 5.75 Å². The number of hydrogen-bond donors (Lipinski definition) is 2. The molecule has 6 heteroatoms. The van der Waals surface area contributed by atoms with Crippen LogP contribution in [0.1, 0.15) is 26.3 Å². The molecule has 1 amide bonds. The highest BCUT2D eigenvalue weighted by atomic mass is 32.2. The molecular formula is C14H12N2O3S. The lowest BCUT2D eigenvalue weighted by molar-refractivity contribution is 0.0696. The van der Waals surface area contributed by atoms with E-state index in [1.807, 2.05) is 12.1 Å². The van der Waals surface area contributed by atoms with Crippen LogP contribution in [-0.4, -0.2) is 22.0 Å². The van der Waals surface area contributed by atoms with E-state index in [2.05, 4.69) is 4.98 Å². The van der Waals surface area contributed by atoms with Gasteiger partial charge in [0.1, 0.15) is 0 Å². The number of primary amides is 1. The number of nitrogens with zero attached hydrogens (tertiary/aromatic N) is 1. The van der Waals surface area contributed by atoms with Crippen LogP contribution >= 0.6 is 11.8 Å². The number of carboxylic acids is 1. The van der Waals surface area contributed by atoms with E-state index in [1.165, 1.54) is 30.1 Å². The molecule has 0 aliphatic carbocycles. The summed E-state index contributed by atoms with van der Waals surface area (Å²) in [6.45, 7) is 0. The fraction of sp³-hybridized carbons (Fsp3) is 0.0714. The first kappa shape index (κ1) is 14.1. The van der Waals surface area contributed by atoms with E-state index in [1.54, 1.807) is 12.1 Å². The number of aromatic carboxylic acids is 1. The number of carboxylic acid groups (broad SMARTS) is 1. The summed E-state index contributed by atoms with van der Waals surface area (Å²) in [5.41, 5.74) is 6.76. The highest BCUT2D eigenvalue weighted by Crippen LogP contribution is 2.23. The number of aromatic nitrogens is 1. The average Bonchev–Trinajstić information content (AvgIpc) is 2.45. The Bertz CT molecular complexity index is 658. The Hall–Kier alpha value is -2.34. The van der Waals surface area contributed by atoms with Crippen LogP contribution in [0.4, 0.5) is 0 Å². The van der Waals surface area contributed by atoms with Crippen molar-refractivity contribution in [3.8, 4) is 0 Å². The molecule has 0 aliphatic heterocycles. The number of thioether (sulfide) groups is 1. The molecule has 0 atom stereocenters. The molecule has 0 fully saturated rings. The third-order valence-electron chi connectivity index (χ3n) is 2.64. The van der Waals surface area contributed by atoms with Gasteiger partial charge in [-0.25, -0.2) is 9.78 Å². The molecular weight excluding hydrogens is 276 g/mol. The summed E-state index contributed by atoms with van der Waals surface area (Å²) in [7, 11) is 0. The molecule has 1 heterocycles. The van der Waals surface area contributed by atoms with Gasteiger partial charge in [0.2, 0.25) is 5.91 Å². The van der Waals surface area contributed by atoms with Gasteiger partial charge in [0.05, 0.1) is 10.6 Å². The predicted molar refractivity (Wildman–Crippen MR) is 75.7 cm³/mol. The van der Waals surface area contributed by atoms with Crippen LogP contribution in [0.5, 0.6) is 0 Å². The summed E-state index contributed by atoms with van der Waals surface area (Å²) < 4.78 is 0. The zero-order chi connectivity index (χ0) is 14.5. The SMILES string of the molecule is NC(=O)c1ccccc1CSc1cc(C(=O)O)ccn1. The molecule has 20 heavy (non-hydrogen) atoms. The van der Waals surface area contributed by atoms with Gasteiger partial charge in [-0.3, -0.25) is 4.79 Å². The van der Waals surface area contributed by atoms with E-state index in [4.69, 9.17) is 10.8 Å². The van der Waals surface area contributed by atoms with Gasteiger partial charge < -0.3 is 10.8 Å². The summed E-state index contributed by atoms with van der Waals surface area (Å²) in [5.74, 6) is -0.977. The second-order valence-corrected chi connectivity index (χ2v) is 4.99. The van der Waals surface area contributed by atoms with Crippen LogP contribution in [0, 0.1) is 0 Å². The second-order valence-electron chi connectivity index (χ2n) is 4.00. The molecule has 102 valence electrons. The maximum Gasteiger partial charge on any atom is 0.335 e. The van der Waals surface area contributed by atoms with E-state index in [0.29, 0.717) is 16.3 Å². The standard InChI is InChI=1S/C14H12N2O3S/c15-13(17)11-4-2-1-3-10(11)8-20-12-7-9(14(18)19)5-6-16-12/h1-7H,8H2,(H2,15,17)(H,18,19). The van der Waals surface area contributed by atoms with Gasteiger partial charge in [0.25, 0.3) is 0 Å². The maximum atomic E-state index is 11.3. The topological polar surface area (TPSA) is 93.3 Å². The van der Waals surface area contributed by atoms with E-state index < -0.39 is 11.9 Å². The summed E-state index contributed by atoms with van der Waals surface area (Å²) >= 11 is 1.35. The van der Waals surface area contributed by atoms with Crippen molar-refractivity contribution in [2.75, 3.05) is 0 Å². The zero-order valence-electron chi connectivity index (χ0n) is 10.4. The highest BCUT2D eigenvalue weighted by molar-refractivity contribution is 7.98. The number of hydrogen-bond acceptors (Lipinski definition) is 4. The van der Waals surface area contributed by atoms with Crippen molar-refractivity contribution in [1.82, 2.24) is 4.98 Å². The third kappa shape index (κ3) is 3.36. The summed E-state index contributed by atoms with van der Waals surface area (Å²) in [6.07, 6.45) is 1.45. The predicted octanol–water partition coefficient (Wildman–Crippen LogP) is 2.17. The minimum Gasteiger partial charge on any atom is -0.478 e. The Balaban J connectivity index is 2.15. The van der Waals surface area contributed by atoms with Crippen molar-refractivity contribution in [3.63, 3.8) is 0 Å². The molecule has 1 aromatic carbocycles. The minimum atomic E-state index is -0.994. The molecule has 2 rings (SSSR count). The number of benzene rings is 1. The van der Waals surface area contributed by atoms with Crippen molar-refractivity contribution in [3.05, 3.63) is 59.3 Å². The van der Waals surface area contributed by atoms with Gasteiger partial charge in [0.15, 0.2) is 0 Å². The normalized spacial score (nSPS) is 10.2. The molecule has 0 saturated heterocycles. The van der Waals surface area contributed by atoms with Gasteiger partial charge in [-0.15, -0.1) is 11.8 Å². The van der Waals surface area contributed by atoms with Crippen LogP contribution in [0.2, 0.25) is 0 Å². The molecule has 2 aromatic rings. The Morgan fingerprint density at radius 1 is 1.25 bits per heavy atom. The van der Waals surface area contributed by atoms with Crippen molar-refractivity contribution in [2.24, 2.45) is 5.73 Å². The Labute approximate surface area is 119 Å². The monoisotopic (exact) mass is 288 g/mol. The quantitative estimate of drug-likeness (QED) is 0.822. The first-order chi connectivity index (χ1) is 9.58. The van der Waals surface area contributed by atoms with Crippen LogP contribution in [0.3, 0.4) is 0 Å². The van der Waals surface area contributed by atoms with Gasteiger partial charge in [-0.05, 0) is 23.8 Å². The number of pyridine rings is 1. The second kappa shape index (κ2) is 6.21. The Kier molecular flexibility index (Phi) is 4.37. The van der Waals surface area contributed by atoms with E-state index >= 15 is 0 Å². The van der Waals surface area contributed by atoms with E-state index in [9.17, 15) is 9.59 Å². The van der Waals surface area contributed by atoms with Crippen LogP contribution in [0.25, 0.3) is 0 Å². The van der Waals surface area contributed by atoms with Gasteiger partial charge >= 0.3 is 5.97 Å². The summed E-state index contributed by atoms with van der Waals surface area (Å²) in [6, 6.07) is 9.98. The molecule has 5 nitrogen and oxygen atoms in total. The average molecular weight is 288 g/mol. The van der Waals surface area contributed by atoms with Crippen molar-refractivity contribution >= 4 is 23.6 Å². The first-order valence-electron chi connectivity index (χ1n) is 5.78. The lowest BCUT2D eigenvalue weighted by atomic mass is 10.1. The molecule has 3 N–H and O–H groups in total. The van der Waals surface area contributed by atoms with Crippen LogP contribution < -0.4 is 5.73 Å². The minimum absolute atomic E-state index is 0.186. The number of carbonyl (C=O) groups excluding carboxylic acids is 1. The first-order valence-corrected chi connectivity index (χ1v) is 6.76. The number of rotatable bonds is 5. The number of amides is 1. The summed E-state index contributed by atoms with van der Waals surface area (Å²) in [5, 5.41) is 9.50. The smallest absolute Gasteiger partial charge is 0.335 e. The molecule has 1 aromatic heterocycles. The van der Waals surface area contributed by atoms with Gasteiger partial charge in [0, 0.05) is 17.5 Å². The lowest BCUT2D eigenvalue weighted by Gasteiger charge is -2.06. The third-order valence-corrected chi connectivity index (χ3v) is 3.61. The number of nitrogens with two attached hydrogens (primary N) is 1. The fourth-order valence-electron chi connectivity index (χ4n) is 1.66. The van der Waals surface area contributed by atoms with E-state index in [0.717, 1.165) is 5.56 Å². The van der Waals surface area contributed by atoms with Crippen molar-refractivity contribution < 1.29 is 14.7 Å². The molecule has 0 saturated carbocycles. The van der Waals surface area contributed by atoms with E-state index in [-0.39, 0.29) is 5.56 Å². The highest BCUT2D eigenvalue weighted by Gasteiger charge is 2.09. The largest absolute Gasteiger partial charge is 0.478 e. The van der Waals surface area contributed by atoms with Gasteiger partial charge in [-0.1, -0.05) is 18.2 Å². The molecule has 0 unspecified atom stereocenters. The maximum absolute atomic E-state index is 11.3. The molecule has 0 aliphatic rings. The molecule has 0 spiro atoms. The summed E-state index contributed by atoms with van der Waals surface area (Å²) in [4.78, 5) is 26.3.